The molecule has 0 aromatic heterocycles. The van der Waals surface area contributed by atoms with Gasteiger partial charge in [0.1, 0.15) is 6.29 Å². The average molecular weight is 370 g/mol. The molecule has 0 radical (unpaired) electrons. The number of fused-ring (bicyclic) bond motifs is 2. The van der Waals surface area contributed by atoms with Crippen molar-refractivity contribution in [2.45, 2.75) is 93.5 Å². The van der Waals surface area contributed by atoms with Crippen LogP contribution in [0.15, 0.2) is 0 Å². The average Bonchev–Trinajstić information content (AvgIpc) is 3.06. The molecule has 1 saturated heterocycles. The van der Waals surface area contributed by atoms with E-state index in [1.165, 1.54) is 25.7 Å². The molecule has 3 nitrogen and oxygen atoms in total. The fourth-order valence-electron chi connectivity index (χ4n) is 4.89. The van der Waals surface area contributed by atoms with Gasteiger partial charge in [-0.1, -0.05) is 68.2 Å². The first kappa shape index (κ1) is 25.6. The third-order valence-electron chi connectivity index (χ3n) is 6.68. The van der Waals surface area contributed by atoms with E-state index in [1.54, 1.807) is 0 Å². The number of hydrogen-bond donors (Lipinski definition) is 1. The van der Waals surface area contributed by atoms with Crippen molar-refractivity contribution < 1.29 is 9.90 Å². The lowest BCUT2D eigenvalue weighted by Crippen LogP contribution is -2.51. The largest absolute Gasteiger partial charge is 0.396 e. The molecule has 1 heterocycles. The van der Waals surface area contributed by atoms with Crippen LogP contribution in [0, 0.1) is 29.1 Å². The van der Waals surface area contributed by atoms with Gasteiger partial charge in [0, 0.05) is 12.5 Å². The van der Waals surface area contributed by atoms with Crippen LogP contribution < -0.4 is 0 Å². The first-order valence-corrected chi connectivity index (χ1v) is 11.2. The van der Waals surface area contributed by atoms with Crippen LogP contribution in [0.25, 0.3) is 0 Å². The van der Waals surface area contributed by atoms with Gasteiger partial charge in [0.05, 0.1) is 6.04 Å². The molecule has 4 rings (SSSR count). The Morgan fingerprint density at radius 3 is 2.00 bits per heavy atom. The molecule has 3 saturated carbocycles. The lowest BCUT2D eigenvalue weighted by Gasteiger charge is -2.59. The van der Waals surface area contributed by atoms with Crippen molar-refractivity contribution in [1.82, 2.24) is 4.90 Å². The van der Waals surface area contributed by atoms with Crippen molar-refractivity contribution in [2.75, 3.05) is 19.7 Å². The molecular formula is C23H47NO2. The Hall–Kier alpha value is -0.410. The Balaban J connectivity index is 0.000000387. The minimum absolute atomic E-state index is 0.0370. The summed E-state index contributed by atoms with van der Waals surface area (Å²) in [6, 6.07) is -0.0370. The van der Waals surface area contributed by atoms with Crippen LogP contribution in [0.3, 0.4) is 0 Å². The molecule has 4 fully saturated rings. The van der Waals surface area contributed by atoms with E-state index in [-0.39, 0.29) is 18.6 Å². The number of aliphatic hydroxyl groups is 1. The minimum Gasteiger partial charge on any atom is -0.396 e. The molecule has 5 unspecified atom stereocenters. The summed E-state index contributed by atoms with van der Waals surface area (Å²) in [5, 5.41) is 8.90. The number of rotatable bonds is 3. The summed E-state index contributed by atoms with van der Waals surface area (Å²) in [5.74, 6) is 3.33. The molecule has 0 aromatic rings. The van der Waals surface area contributed by atoms with Gasteiger partial charge in [-0.25, -0.2) is 0 Å². The lowest BCUT2D eigenvalue weighted by molar-refractivity contribution is -0.112. The number of carbonyl (C=O) groups is 1. The second-order valence-electron chi connectivity index (χ2n) is 8.61. The van der Waals surface area contributed by atoms with Gasteiger partial charge < -0.3 is 9.90 Å². The van der Waals surface area contributed by atoms with Crippen LogP contribution in [0.4, 0.5) is 0 Å². The quantitative estimate of drug-likeness (QED) is 0.676. The summed E-state index contributed by atoms with van der Waals surface area (Å²) >= 11 is 0. The summed E-state index contributed by atoms with van der Waals surface area (Å²) in [7, 11) is 0. The van der Waals surface area contributed by atoms with Gasteiger partial charge in [0.25, 0.3) is 0 Å². The molecule has 1 N–H and O–H groups in total. The van der Waals surface area contributed by atoms with Gasteiger partial charge in [0.2, 0.25) is 0 Å². The van der Waals surface area contributed by atoms with Crippen molar-refractivity contribution in [1.29, 1.82) is 0 Å². The standard InChI is InChI=1S/C10H18.C8H15NO2.C3H8.C2H6/c1-7-4-5-8-6-9(7)10(8,2)3;1-2-9-4-3-7(5-10)8(9)6-11;1-3-2;1-2/h7-9H,4-6H2,1-3H3;6-8,10H,2-5H2,1H3;3H2,1-2H3;1-2H3. The Morgan fingerprint density at radius 1 is 1.12 bits per heavy atom. The van der Waals surface area contributed by atoms with Gasteiger partial charge >= 0.3 is 0 Å². The number of carbonyl (C=O) groups excluding carboxylic acids is 1. The smallest absolute Gasteiger partial charge is 0.137 e. The summed E-state index contributed by atoms with van der Waals surface area (Å²) in [5.41, 5.74) is 0.706. The lowest BCUT2D eigenvalue weighted by atomic mass is 9.46. The maximum atomic E-state index is 10.6. The van der Waals surface area contributed by atoms with Crippen LogP contribution in [0.2, 0.25) is 0 Å². The topological polar surface area (TPSA) is 40.5 Å². The van der Waals surface area contributed by atoms with Gasteiger partial charge in [-0.05, 0) is 55.5 Å². The highest BCUT2D eigenvalue weighted by Gasteiger charge is 2.52. The molecule has 5 atom stereocenters. The van der Waals surface area contributed by atoms with Crippen LogP contribution in [-0.4, -0.2) is 42.0 Å². The maximum Gasteiger partial charge on any atom is 0.137 e. The minimum atomic E-state index is -0.0370. The van der Waals surface area contributed by atoms with Gasteiger partial charge in [-0.2, -0.15) is 0 Å². The van der Waals surface area contributed by atoms with Gasteiger partial charge in [0.15, 0.2) is 0 Å². The number of aldehydes is 1. The summed E-state index contributed by atoms with van der Waals surface area (Å²) in [4.78, 5) is 12.7. The predicted molar refractivity (Wildman–Crippen MR) is 113 cm³/mol. The van der Waals surface area contributed by atoms with Crippen LogP contribution in [0.1, 0.15) is 87.5 Å². The molecule has 2 bridgehead atoms. The number of nitrogens with zero attached hydrogens (tertiary/aromatic N) is 1. The molecule has 3 aliphatic carbocycles. The molecule has 0 spiro atoms. The van der Waals surface area contributed by atoms with Gasteiger partial charge in [-0.3, -0.25) is 4.90 Å². The van der Waals surface area contributed by atoms with Crippen molar-refractivity contribution in [3.05, 3.63) is 0 Å². The van der Waals surface area contributed by atoms with E-state index in [0.29, 0.717) is 5.41 Å². The van der Waals surface area contributed by atoms with E-state index in [0.717, 1.165) is 43.6 Å². The van der Waals surface area contributed by atoms with Gasteiger partial charge in [-0.15, -0.1) is 0 Å². The van der Waals surface area contributed by atoms with Crippen molar-refractivity contribution in [2.24, 2.45) is 29.1 Å². The molecule has 3 heteroatoms. The zero-order chi connectivity index (χ0) is 20.3. The number of hydrogen-bond acceptors (Lipinski definition) is 3. The molecule has 4 aliphatic rings. The summed E-state index contributed by atoms with van der Waals surface area (Å²) < 4.78 is 0. The molecule has 156 valence electrons. The summed E-state index contributed by atoms with van der Waals surface area (Å²) in [6.45, 7) is 19.6. The van der Waals surface area contributed by atoms with Crippen molar-refractivity contribution >= 4 is 6.29 Å². The number of likely N-dealkylation sites (tertiary alicyclic amines) is 1. The van der Waals surface area contributed by atoms with E-state index < -0.39 is 0 Å². The van der Waals surface area contributed by atoms with E-state index in [4.69, 9.17) is 5.11 Å². The first-order chi connectivity index (χ1) is 12.4. The third kappa shape index (κ3) is 6.34. The van der Waals surface area contributed by atoms with E-state index in [2.05, 4.69) is 39.5 Å². The highest BCUT2D eigenvalue weighted by Crippen LogP contribution is 2.61. The normalized spacial score (nSPS) is 34.0. The van der Waals surface area contributed by atoms with Crippen molar-refractivity contribution in [3.63, 3.8) is 0 Å². The van der Waals surface area contributed by atoms with E-state index in [1.807, 2.05) is 20.8 Å². The second-order valence-corrected chi connectivity index (χ2v) is 8.61. The Morgan fingerprint density at radius 2 is 1.69 bits per heavy atom. The summed E-state index contributed by atoms with van der Waals surface area (Å²) in [6.07, 6.45) is 7.70. The zero-order valence-electron chi connectivity index (χ0n) is 18.9. The monoisotopic (exact) mass is 369 g/mol. The number of aliphatic hydroxyl groups excluding tert-OH is 1. The molecule has 26 heavy (non-hydrogen) atoms. The second kappa shape index (κ2) is 12.9. The molecule has 0 amide bonds. The Bertz CT molecular complexity index is 355. The van der Waals surface area contributed by atoms with Crippen LogP contribution in [-0.2, 0) is 4.79 Å². The van der Waals surface area contributed by atoms with E-state index in [9.17, 15) is 4.79 Å². The maximum absolute atomic E-state index is 10.6. The fourth-order valence-corrected chi connectivity index (χ4v) is 4.89. The Labute approximate surface area is 163 Å². The van der Waals surface area contributed by atoms with Crippen LogP contribution in [0.5, 0.6) is 0 Å². The predicted octanol–water partition coefficient (Wildman–Crippen LogP) is 5.41. The molecule has 0 aromatic carbocycles. The zero-order valence-corrected chi connectivity index (χ0v) is 18.9. The highest BCUT2D eigenvalue weighted by molar-refractivity contribution is 5.58. The third-order valence-corrected chi connectivity index (χ3v) is 6.68. The van der Waals surface area contributed by atoms with Crippen molar-refractivity contribution in [3.8, 4) is 0 Å². The molecular weight excluding hydrogens is 322 g/mol. The SMILES string of the molecule is CC.CC1CCC2CC1C2(C)C.CCC.CCN1CCC(CO)C1C=O. The molecule has 1 aliphatic heterocycles. The highest BCUT2D eigenvalue weighted by atomic mass is 16.3. The number of likely N-dealkylation sites (N-methyl/N-ethyl adjacent to an activating group) is 1. The first-order valence-electron chi connectivity index (χ1n) is 11.2. The van der Waals surface area contributed by atoms with E-state index >= 15 is 0 Å². The Kier molecular flexibility index (Phi) is 12.7. The van der Waals surface area contributed by atoms with Crippen LogP contribution >= 0.6 is 0 Å². The fraction of sp³-hybridized carbons (Fsp3) is 0.957.